The molecule has 0 bridgehead atoms. The molecule has 0 aromatic carbocycles. The number of rotatable bonds is 0. The molecule has 0 amide bonds. The topological polar surface area (TPSA) is 0 Å². The van der Waals surface area contributed by atoms with Gasteiger partial charge in [0.15, 0.2) is 0 Å². The molecule has 0 aromatic heterocycles. The van der Waals surface area contributed by atoms with E-state index in [9.17, 15) is 8.78 Å². The van der Waals surface area contributed by atoms with Crippen LogP contribution in [0.4, 0.5) is 8.78 Å². The van der Waals surface area contributed by atoms with Crippen LogP contribution in [0.1, 0.15) is 0 Å². The van der Waals surface area contributed by atoms with Crippen LogP contribution in [0.2, 0.25) is 0 Å². The van der Waals surface area contributed by atoms with E-state index >= 15 is 0 Å². The Morgan fingerprint density at radius 1 is 1.00 bits per heavy atom. The average Bonchev–Trinajstić information content (AvgIpc) is 1.65. The van der Waals surface area contributed by atoms with Gasteiger partial charge in [-0.1, -0.05) is 18.2 Å². The van der Waals surface area contributed by atoms with Crippen molar-refractivity contribution < 1.29 is 8.78 Å². The van der Waals surface area contributed by atoms with E-state index in [1.165, 1.54) is 12.2 Å². The molecular weight excluding hydrogens is 110 g/mol. The maximum Gasteiger partial charge on any atom is 0.273 e. The summed E-state index contributed by atoms with van der Waals surface area (Å²) >= 11 is 0. The van der Waals surface area contributed by atoms with Crippen molar-refractivity contribution in [1.82, 2.24) is 0 Å². The Morgan fingerprint density at radius 2 is 1.75 bits per heavy atom. The van der Waals surface area contributed by atoms with Crippen molar-refractivity contribution in [3.05, 3.63) is 30.7 Å². The average molecular weight is 115 g/mol. The molecular formula is C6H5F2. The van der Waals surface area contributed by atoms with E-state index in [2.05, 4.69) is 0 Å². The van der Waals surface area contributed by atoms with Crippen molar-refractivity contribution >= 4 is 0 Å². The van der Waals surface area contributed by atoms with E-state index in [1.54, 1.807) is 6.08 Å². The summed E-state index contributed by atoms with van der Waals surface area (Å²) < 4.78 is 24.0. The molecule has 0 aliphatic heterocycles. The van der Waals surface area contributed by atoms with Crippen molar-refractivity contribution in [1.29, 1.82) is 0 Å². The third kappa shape index (κ3) is 1.15. The second-order valence-corrected chi connectivity index (χ2v) is 1.59. The number of alkyl halides is 2. The predicted octanol–water partition coefficient (Wildman–Crippen LogP) is 1.95. The Kier molecular flexibility index (Phi) is 1.16. The Labute approximate surface area is 46.5 Å². The van der Waals surface area contributed by atoms with Crippen molar-refractivity contribution in [2.45, 2.75) is 5.92 Å². The summed E-state index contributed by atoms with van der Waals surface area (Å²) in [6.45, 7) is 0. The van der Waals surface area contributed by atoms with Crippen LogP contribution in [-0.4, -0.2) is 5.92 Å². The van der Waals surface area contributed by atoms with Gasteiger partial charge < -0.3 is 0 Å². The fourth-order valence-electron chi connectivity index (χ4n) is 0.487. The SMILES string of the molecule is FC1(F)[CH]C=CC=C1. The molecule has 0 saturated carbocycles. The van der Waals surface area contributed by atoms with E-state index in [1.807, 2.05) is 0 Å². The van der Waals surface area contributed by atoms with Crippen LogP contribution in [0.25, 0.3) is 0 Å². The summed E-state index contributed by atoms with van der Waals surface area (Å²) in [4.78, 5) is 0. The van der Waals surface area contributed by atoms with Gasteiger partial charge in [0.1, 0.15) is 0 Å². The fraction of sp³-hybridized carbons (Fsp3) is 0.167. The molecule has 0 heterocycles. The van der Waals surface area contributed by atoms with Crippen LogP contribution in [-0.2, 0) is 0 Å². The second kappa shape index (κ2) is 1.69. The van der Waals surface area contributed by atoms with Gasteiger partial charge in [-0.3, -0.25) is 0 Å². The third-order valence-corrected chi connectivity index (χ3v) is 0.859. The molecule has 0 atom stereocenters. The number of hydrogen-bond donors (Lipinski definition) is 0. The fourth-order valence-corrected chi connectivity index (χ4v) is 0.487. The molecule has 43 valence electrons. The van der Waals surface area contributed by atoms with Gasteiger partial charge in [0, 0.05) is 0 Å². The lowest BCUT2D eigenvalue weighted by Crippen LogP contribution is -2.12. The Hall–Kier alpha value is -0.660. The van der Waals surface area contributed by atoms with E-state index < -0.39 is 5.92 Å². The van der Waals surface area contributed by atoms with Crippen molar-refractivity contribution in [2.75, 3.05) is 0 Å². The van der Waals surface area contributed by atoms with Gasteiger partial charge in [-0.05, 0) is 6.08 Å². The lowest BCUT2D eigenvalue weighted by atomic mass is 10.1. The molecule has 0 fully saturated rings. The highest BCUT2D eigenvalue weighted by Gasteiger charge is 2.24. The molecule has 1 rings (SSSR count). The molecule has 2 heteroatoms. The number of hydrogen-bond acceptors (Lipinski definition) is 0. The monoisotopic (exact) mass is 115 g/mol. The molecule has 0 nitrogen and oxygen atoms in total. The molecule has 8 heavy (non-hydrogen) atoms. The van der Waals surface area contributed by atoms with Crippen molar-refractivity contribution in [3.8, 4) is 0 Å². The van der Waals surface area contributed by atoms with Crippen molar-refractivity contribution in [2.24, 2.45) is 0 Å². The largest absolute Gasteiger partial charge is 0.273 e. The van der Waals surface area contributed by atoms with Crippen LogP contribution in [0.5, 0.6) is 0 Å². The minimum atomic E-state index is -2.71. The first-order chi connectivity index (χ1) is 3.71. The first kappa shape index (κ1) is 5.48. The van der Waals surface area contributed by atoms with E-state index in [0.717, 1.165) is 12.5 Å². The predicted molar refractivity (Wildman–Crippen MR) is 27.5 cm³/mol. The Bertz CT molecular complexity index is 133. The minimum Gasteiger partial charge on any atom is -0.201 e. The number of halogens is 2. The first-order valence-electron chi connectivity index (χ1n) is 2.29. The Balaban J connectivity index is 2.65. The normalized spacial score (nSPS) is 23.8. The summed E-state index contributed by atoms with van der Waals surface area (Å²) in [6.07, 6.45) is 5.94. The van der Waals surface area contributed by atoms with Gasteiger partial charge in [-0.15, -0.1) is 0 Å². The van der Waals surface area contributed by atoms with Gasteiger partial charge in [0.2, 0.25) is 0 Å². The summed E-state index contributed by atoms with van der Waals surface area (Å²) in [7, 11) is 0. The van der Waals surface area contributed by atoms with Gasteiger partial charge in [-0.2, -0.15) is 0 Å². The van der Waals surface area contributed by atoms with Crippen LogP contribution < -0.4 is 0 Å². The maximum atomic E-state index is 12.0. The molecule has 1 radical (unpaired) electrons. The third-order valence-electron chi connectivity index (χ3n) is 0.859. The van der Waals surface area contributed by atoms with Crippen molar-refractivity contribution in [3.63, 3.8) is 0 Å². The minimum absolute atomic E-state index is 0.854. The highest BCUT2D eigenvalue weighted by molar-refractivity contribution is 5.23. The molecule has 0 saturated heterocycles. The molecule has 0 aromatic rings. The summed E-state index contributed by atoms with van der Waals surface area (Å²) in [5, 5.41) is 0. The van der Waals surface area contributed by atoms with Crippen LogP contribution in [0.15, 0.2) is 24.3 Å². The zero-order chi connectivity index (χ0) is 6.04. The van der Waals surface area contributed by atoms with Gasteiger partial charge >= 0.3 is 0 Å². The highest BCUT2D eigenvalue weighted by Crippen LogP contribution is 2.21. The standard InChI is InChI=1S/C6H5F2/c7-6(8)4-2-1-3-5-6/h1-5H. The zero-order valence-corrected chi connectivity index (χ0v) is 4.14. The Morgan fingerprint density at radius 3 is 2.00 bits per heavy atom. The highest BCUT2D eigenvalue weighted by atomic mass is 19.3. The van der Waals surface area contributed by atoms with E-state index in [-0.39, 0.29) is 0 Å². The summed E-state index contributed by atoms with van der Waals surface area (Å²) in [5.41, 5.74) is 0. The van der Waals surface area contributed by atoms with Gasteiger partial charge in [-0.25, -0.2) is 8.78 Å². The lowest BCUT2D eigenvalue weighted by Gasteiger charge is -2.09. The van der Waals surface area contributed by atoms with E-state index in [0.29, 0.717) is 0 Å². The molecule has 0 unspecified atom stereocenters. The molecule has 1 aliphatic carbocycles. The number of allylic oxidation sites excluding steroid dienone is 4. The van der Waals surface area contributed by atoms with Gasteiger partial charge in [0.25, 0.3) is 5.92 Å². The molecule has 0 spiro atoms. The van der Waals surface area contributed by atoms with Crippen LogP contribution >= 0.6 is 0 Å². The van der Waals surface area contributed by atoms with Crippen LogP contribution in [0, 0.1) is 6.42 Å². The summed E-state index contributed by atoms with van der Waals surface area (Å²) in [6, 6.07) is 0. The zero-order valence-electron chi connectivity index (χ0n) is 4.14. The van der Waals surface area contributed by atoms with E-state index in [4.69, 9.17) is 0 Å². The lowest BCUT2D eigenvalue weighted by molar-refractivity contribution is 0.0963. The maximum absolute atomic E-state index is 12.0. The second-order valence-electron chi connectivity index (χ2n) is 1.59. The quantitative estimate of drug-likeness (QED) is 0.452. The smallest absolute Gasteiger partial charge is 0.201 e. The first-order valence-corrected chi connectivity index (χ1v) is 2.29. The van der Waals surface area contributed by atoms with Crippen LogP contribution in [0.3, 0.4) is 0 Å². The molecule has 1 aliphatic rings. The summed E-state index contributed by atoms with van der Waals surface area (Å²) in [5.74, 6) is -2.71. The molecule has 0 N–H and O–H groups in total. The van der Waals surface area contributed by atoms with Gasteiger partial charge in [0.05, 0.1) is 6.42 Å².